The molecule has 0 aliphatic rings. The van der Waals surface area contributed by atoms with Crippen LogP contribution in [-0.4, -0.2) is 30.4 Å². The van der Waals surface area contributed by atoms with Gasteiger partial charge in [0, 0.05) is 26.1 Å². The molecule has 14 heavy (non-hydrogen) atoms. The van der Waals surface area contributed by atoms with E-state index >= 15 is 0 Å². The Morgan fingerprint density at radius 1 is 1.64 bits per heavy atom. The summed E-state index contributed by atoms with van der Waals surface area (Å²) < 4.78 is 0. The number of nitriles is 1. The van der Waals surface area contributed by atoms with E-state index in [4.69, 9.17) is 11.0 Å². The Morgan fingerprint density at radius 2 is 2.21 bits per heavy atom. The lowest BCUT2D eigenvalue weighted by atomic mass is 10.1. The summed E-state index contributed by atoms with van der Waals surface area (Å²) in [6.07, 6.45) is 1.17. The van der Waals surface area contributed by atoms with Crippen molar-refractivity contribution in [1.82, 2.24) is 4.90 Å². The van der Waals surface area contributed by atoms with Gasteiger partial charge in [-0.2, -0.15) is 5.26 Å². The van der Waals surface area contributed by atoms with Crippen LogP contribution in [0.2, 0.25) is 0 Å². The molecule has 0 fully saturated rings. The largest absolute Gasteiger partial charge is 0.344 e. The third kappa shape index (κ3) is 4.83. The minimum absolute atomic E-state index is 0.0152. The fraction of sp³-hybridized carbons (Fsp3) is 0.800. The molecule has 0 heterocycles. The molecule has 2 N–H and O–H groups in total. The Hall–Kier alpha value is -1.08. The summed E-state index contributed by atoms with van der Waals surface area (Å²) in [6.45, 7) is 4.23. The minimum atomic E-state index is -0.123. The molecule has 2 atom stereocenters. The summed E-state index contributed by atoms with van der Waals surface area (Å²) in [5.74, 6) is -0.108. The van der Waals surface area contributed by atoms with Crippen molar-refractivity contribution in [3.63, 3.8) is 0 Å². The molecule has 0 spiro atoms. The maximum Gasteiger partial charge on any atom is 0.223 e. The van der Waals surface area contributed by atoms with Crippen molar-refractivity contribution in [2.75, 3.05) is 13.6 Å². The lowest BCUT2D eigenvalue weighted by molar-refractivity contribution is -0.130. The Morgan fingerprint density at radius 3 is 2.64 bits per heavy atom. The van der Waals surface area contributed by atoms with Crippen molar-refractivity contribution in [2.24, 2.45) is 11.7 Å². The van der Waals surface area contributed by atoms with Crippen LogP contribution in [0.5, 0.6) is 0 Å². The van der Waals surface area contributed by atoms with Crippen molar-refractivity contribution >= 4 is 5.91 Å². The Labute approximate surface area is 85.7 Å². The summed E-state index contributed by atoms with van der Waals surface area (Å²) in [6, 6.07) is 2.03. The molecular weight excluding hydrogens is 178 g/mol. The van der Waals surface area contributed by atoms with E-state index in [0.717, 1.165) is 6.42 Å². The highest BCUT2D eigenvalue weighted by molar-refractivity contribution is 5.76. The lowest BCUT2D eigenvalue weighted by Crippen LogP contribution is -2.35. The zero-order valence-electron chi connectivity index (χ0n) is 9.16. The number of amides is 1. The summed E-state index contributed by atoms with van der Waals surface area (Å²) in [5.41, 5.74) is 5.66. The Kier molecular flexibility index (Phi) is 5.89. The minimum Gasteiger partial charge on any atom is -0.344 e. The van der Waals surface area contributed by atoms with Crippen molar-refractivity contribution in [1.29, 1.82) is 5.26 Å². The highest BCUT2D eigenvalue weighted by Gasteiger charge is 2.14. The van der Waals surface area contributed by atoms with Crippen LogP contribution >= 0.6 is 0 Å². The van der Waals surface area contributed by atoms with Crippen molar-refractivity contribution in [3.05, 3.63) is 0 Å². The van der Waals surface area contributed by atoms with E-state index < -0.39 is 0 Å². The van der Waals surface area contributed by atoms with Gasteiger partial charge in [0.2, 0.25) is 5.91 Å². The molecule has 4 nitrogen and oxygen atoms in total. The summed E-state index contributed by atoms with van der Waals surface area (Å²) >= 11 is 0. The number of nitrogens with two attached hydrogens (primary N) is 1. The predicted octanol–water partition coefficient (Wildman–Crippen LogP) is 0.732. The van der Waals surface area contributed by atoms with Crippen LogP contribution in [0.1, 0.15) is 26.7 Å². The van der Waals surface area contributed by atoms with Gasteiger partial charge in [-0.3, -0.25) is 4.79 Å². The molecule has 0 rings (SSSR count). The van der Waals surface area contributed by atoms with Gasteiger partial charge in [-0.25, -0.2) is 0 Å². The predicted molar refractivity (Wildman–Crippen MR) is 55.3 cm³/mol. The molecule has 2 unspecified atom stereocenters. The maximum atomic E-state index is 11.5. The summed E-state index contributed by atoms with van der Waals surface area (Å²) in [7, 11) is 1.71. The molecule has 0 aliphatic carbocycles. The molecule has 4 heteroatoms. The Balaban J connectivity index is 3.95. The quantitative estimate of drug-likeness (QED) is 0.706. The molecule has 0 radical (unpaired) electrons. The van der Waals surface area contributed by atoms with Gasteiger partial charge in [0.25, 0.3) is 0 Å². The van der Waals surface area contributed by atoms with Gasteiger partial charge in [0.05, 0.1) is 12.0 Å². The zero-order valence-corrected chi connectivity index (χ0v) is 9.16. The number of nitrogens with zero attached hydrogens (tertiary/aromatic N) is 2. The van der Waals surface area contributed by atoms with E-state index in [1.807, 2.05) is 6.92 Å². The maximum absolute atomic E-state index is 11.5. The van der Waals surface area contributed by atoms with Crippen molar-refractivity contribution < 1.29 is 4.79 Å². The van der Waals surface area contributed by atoms with Crippen LogP contribution in [0.4, 0.5) is 0 Å². The topological polar surface area (TPSA) is 70.1 Å². The van der Waals surface area contributed by atoms with Gasteiger partial charge >= 0.3 is 0 Å². The summed E-state index contributed by atoms with van der Waals surface area (Å²) in [4.78, 5) is 13.1. The first kappa shape index (κ1) is 12.9. The van der Waals surface area contributed by atoms with Crippen LogP contribution in [0.25, 0.3) is 0 Å². The monoisotopic (exact) mass is 197 g/mol. The molecule has 1 amide bonds. The fourth-order valence-corrected chi connectivity index (χ4v) is 1.08. The molecule has 0 bridgehead atoms. The number of carbonyl (C=O) groups excluding carboxylic acids is 1. The second-order valence-corrected chi connectivity index (χ2v) is 3.68. The molecule has 0 aliphatic heterocycles. The van der Waals surface area contributed by atoms with Crippen molar-refractivity contribution in [3.8, 4) is 6.07 Å². The third-order valence-electron chi connectivity index (χ3n) is 2.16. The molecule has 80 valence electrons. The molecule has 0 saturated heterocycles. The van der Waals surface area contributed by atoms with Crippen LogP contribution in [0.15, 0.2) is 0 Å². The van der Waals surface area contributed by atoms with Gasteiger partial charge in [-0.15, -0.1) is 0 Å². The fourth-order valence-electron chi connectivity index (χ4n) is 1.08. The van der Waals surface area contributed by atoms with E-state index in [1.54, 1.807) is 18.9 Å². The van der Waals surface area contributed by atoms with Gasteiger partial charge < -0.3 is 10.6 Å². The van der Waals surface area contributed by atoms with E-state index in [0.29, 0.717) is 13.0 Å². The number of hydrogen-bond acceptors (Lipinski definition) is 3. The van der Waals surface area contributed by atoms with Crippen LogP contribution in [-0.2, 0) is 4.79 Å². The zero-order chi connectivity index (χ0) is 11.1. The van der Waals surface area contributed by atoms with Gasteiger partial charge in [-0.05, 0) is 13.3 Å². The normalized spacial score (nSPS) is 14.2. The van der Waals surface area contributed by atoms with Crippen LogP contribution in [0, 0.1) is 17.2 Å². The van der Waals surface area contributed by atoms with E-state index in [1.165, 1.54) is 0 Å². The first-order valence-corrected chi connectivity index (χ1v) is 4.90. The Bertz CT molecular complexity index is 222. The molecule has 0 aromatic heterocycles. The number of hydrogen-bond donors (Lipinski definition) is 1. The van der Waals surface area contributed by atoms with Gasteiger partial charge in [-0.1, -0.05) is 6.92 Å². The van der Waals surface area contributed by atoms with Crippen LogP contribution in [0.3, 0.4) is 0 Å². The summed E-state index contributed by atoms with van der Waals surface area (Å²) in [5, 5.41) is 8.58. The molecule has 0 aromatic carbocycles. The van der Waals surface area contributed by atoms with E-state index in [9.17, 15) is 4.79 Å². The first-order chi connectivity index (χ1) is 6.51. The SMILES string of the molecule is CCC(N)CC(=O)N(C)CC(C)C#N. The molecule has 0 saturated carbocycles. The molecular formula is C10H19N3O. The second-order valence-electron chi connectivity index (χ2n) is 3.68. The van der Waals surface area contributed by atoms with Gasteiger partial charge in [0.15, 0.2) is 0 Å². The lowest BCUT2D eigenvalue weighted by Gasteiger charge is -2.19. The van der Waals surface area contributed by atoms with Crippen LogP contribution < -0.4 is 5.73 Å². The first-order valence-electron chi connectivity index (χ1n) is 4.90. The number of rotatable bonds is 5. The third-order valence-corrected chi connectivity index (χ3v) is 2.16. The average molecular weight is 197 g/mol. The van der Waals surface area contributed by atoms with Gasteiger partial charge in [0.1, 0.15) is 0 Å². The highest BCUT2D eigenvalue weighted by Crippen LogP contribution is 2.01. The van der Waals surface area contributed by atoms with E-state index in [-0.39, 0.29) is 17.9 Å². The standard InChI is InChI=1S/C10H19N3O/c1-4-9(12)5-10(14)13(3)7-8(2)6-11/h8-9H,4-5,7,12H2,1-3H3. The molecule has 0 aromatic rings. The highest BCUT2D eigenvalue weighted by atomic mass is 16.2. The van der Waals surface area contributed by atoms with E-state index in [2.05, 4.69) is 6.07 Å². The number of carbonyl (C=O) groups is 1. The smallest absolute Gasteiger partial charge is 0.223 e. The average Bonchev–Trinajstić information content (AvgIpc) is 2.17. The second kappa shape index (κ2) is 6.39. The van der Waals surface area contributed by atoms with Crippen molar-refractivity contribution in [2.45, 2.75) is 32.7 Å².